The minimum absolute atomic E-state index is 0.0240. The predicted molar refractivity (Wildman–Crippen MR) is 79.8 cm³/mol. The number of aryl methyl sites for hydroxylation is 1. The Bertz CT molecular complexity index is 585. The van der Waals surface area contributed by atoms with Crippen LogP contribution in [0.1, 0.15) is 35.1 Å². The van der Waals surface area contributed by atoms with Gasteiger partial charge in [-0.05, 0) is 44.1 Å². The van der Waals surface area contributed by atoms with E-state index in [0.29, 0.717) is 5.92 Å². The van der Waals surface area contributed by atoms with Gasteiger partial charge in [-0.15, -0.1) is 11.3 Å². The molecule has 3 rings (SSSR count). The van der Waals surface area contributed by atoms with E-state index < -0.39 is 0 Å². The molecule has 1 saturated carbocycles. The van der Waals surface area contributed by atoms with Gasteiger partial charge in [0.25, 0.3) is 5.91 Å². The number of aromatic nitrogens is 1. The lowest BCUT2D eigenvalue weighted by Gasteiger charge is -2.11. The van der Waals surface area contributed by atoms with Crippen LogP contribution in [0.5, 0.6) is 0 Å². The second-order valence-electron chi connectivity index (χ2n) is 5.05. The summed E-state index contributed by atoms with van der Waals surface area (Å²) in [6.07, 6.45) is 2.48. The van der Waals surface area contributed by atoms with E-state index in [4.69, 9.17) is 0 Å². The zero-order valence-electron chi connectivity index (χ0n) is 11.0. The summed E-state index contributed by atoms with van der Waals surface area (Å²) >= 11 is 3.13. The summed E-state index contributed by atoms with van der Waals surface area (Å²) in [6.45, 7) is 3.99. The molecular formula is C14H16N2OS2. The zero-order chi connectivity index (χ0) is 13.4. The van der Waals surface area contributed by atoms with Crippen LogP contribution in [0, 0.1) is 12.8 Å². The smallest absolute Gasteiger partial charge is 0.263 e. The summed E-state index contributed by atoms with van der Waals surface area (Å²) in [7, 11) is 0. The molecule has 1 N–H and O–H groups in total. The molecule has 19 heavy (non-hydrogen) atoms. The van der Waals surface area contributed by atoms with E-state index in [1.807, 2.05) is 18.4 Å². The van der Waals surface area contributed by atoms with Crippen molar-refractivity contribution in [1.29, 1.82) is 0 Å². The Hall–Kier alpha value is -1.20. The first-order chi connectivity index (χ1) is 9.15. The highest BCUT2D eigenvalue weighted by atomic mass is 32.1. The van der Waals surface area contributed by atoms with E-state index >= 15 is 0 Å². The van der Waals surface area contributed by atoms with Gasteiger partial charge >= 0.3 is 0 Å². The van der Waals surface area contributed by atoms with Crippen molar-refractivity contribution < 1.29 is 4.79 Å². The zero-order valence-corrected chi connectivity index (χ0v) is 12.6. The fraction of sp³-hybridized carbons (Fsp3) is 0.429. The van der Waals surface area contributed by atoms with Gasteiger partial charge in [0.05, 0.1) is 5.69 Å². The van der Waals surface area contributed by atoms with Gasteiger partial charge in [-0.25, -0.2) is 4.98 Å². The van der Waals surface area contributed by atoms with Crippen molar-refractivity contribution in [3.05, 3.63) is 27.4 Å². The van der Waals surface area contributed by atoms with Gasteiger partial charge in [0.2, 0.25) is 0 Å². The van der Waals surface area contributed by atoms with Gasteiger partial charge in [-0.2, -0.15) is 11.3 Å². The van der Waals surface area contributed by atoms with Crippen LogP contribution < -0.4 is 5.32 Å². The SMILES string of the molecule is Cc1nc(-c2ccsc2)sc1C(=O)NC(C)C1CC1. The van der Waals surface area contributed by atoms with Crippen LogP contribution in [0.3, 0.4) is 0 Å². The van der Waals surface area contributed by atoms with Crippen LogP contribution >= 0.6 is 22.7 Å². The Kier molecular flexibility index (Phi) is 3.41. The first kappa shape index (κ1) is 12.8. The lowest BCUT2D eigenvalue weighted by Crippen LogP contribution is -2.33. The second-order valence-corrected chi connectivity index (χ2v) is 6.82. The van der Waals surface area contributed by atoms with Crippen molar-refractivity contribution in [2.75, 3.05) is 0 Å². The second kappa shape index (κ2) is 5.06. The van der Waals surface area contributed by atoms with Crippen molar-refractivity contribution >= 4 is 28.6 Å². The monoisotopic (exact) mass is 292 g/mol. The molecule has 0 aliphatic heterocycles. The Morgan fingerprint density at radius 3 is 2.95 bits per heavy atom. The lowest BCUT2D eigenvalue weighted by molar-refractivity contribution is 0.0939. The highest BCUT2D eigenvalue weighted by Gasteiger charge is 2.29. The third-order valence-corrected chi connectivity index (χ3v) is 5.35. The summed E-state index contributed by atoms with van der Waals surface area (Å²) in [4.78, 5) is 17.5. The van der Waals surface area contributed by atoms with Gasteiger partial charge < -0.3 is 5.32 Å². The maximum absolute atomic E-state index is 12.3. The van der Waals surface area contributed by atoms with Crippen molar-refractivity contribution in [3.8, 4) is 10.6 Å². The molecular weight excluding hydrogens is 276 g/mol. The van der Waals surface area contributed by atoms with Crippen molar-refractivity contribution in [2.45, 2.75) is 32.7 Å². The molecule has 0 bridgehead atoms. The van der Waals surface area contributed by atoms with Crippen LogP contribution in [-0.4, -0.2) is 16.9 Å². The number of hydrogen-bond donors (Lipinski definition) is 1. The Morgan fingerprint density at radius 2 is 2.32 bits per heavy atom. The molecule has 1 atom stereocenters. The molecule has 0 saturated heterocycles. The first-order valence-electron chi connectivity index (χ1n) is 6.46. The van der Waals surface area contributed by atoms with E-state index in [0.717, 1.165) is 21.1 Å². The van der Waals surface area contributed by atoms with E-state index in [1.54, 1.807) is 11.3 Å². The van der Waals surface area contributed by atoms with Crippen molar-refractivity contribution in [3.63, 3.8) is 0 Å². The van der Waals surface area contributed by atoms with Gasteiger partial charge in [-0.3, -0.25) is 4.79 Å². The first-order valence-corrected chi connectivity index (χ1v) is 8.22. The average molecular weight is 292 g/mol. The summed E-state index contributed by atoms with van der Waals surface area (Å²) < 4.78 is 0. The van der Waals surface area contributed by atoms with E-state index in [-0.39, 0.29) is 11.9 Å². The molecule has 3 nitrogen and oxygen atoms in total. The molecule has 2 aromatic heterocycles. The number of thiazole rings is 1. The average Bonchev–Trinajstić information content (AvgIpc) is 2.94. The largest absolute Gasteiger partial charge is 0.349 e. The number of thiophene rings is 1. The van der Waals surface area contributed by atoms with Crippen molar-refractivity contribution in [2.24, 2.45) is 5.92 Å². The number of carbonyl (C=O) groups excluding carboxylic acids is 1. The number of hydrogen-bond acceptors (Lipinski definition) is 4. The van der Waals surface area contributed by atoms with Crippen LogP contribution in [0.4, 0.5) is 0 Å². The minimum atomic E-state index is 0.0240. The Balaban J connectivity index is 1.78. The maximum atomic E-state index is 12.3. The number of carbonyl (C=O) groups is 1. The molecule has 2 heterocycles. The number of amides is 1. The standard InChI is InChI=1S/C14H16N2OS2/c1-8(10-3-4-10)15-13(17)12-9(2)16-14(19-12)11-5-6-18-7-11/h5-8,10H,3-4H2,1-2H3,(H,15,17). The number of nitrogens with zero attached hydrogens (tertiary/aromatic N) is 1. The summed E-state index contributed by atoms with van der Waals surface area (Å²) in [5.74, 6) is 0.699. The summed E-state index contributed by atoms with van der Waals surface area (Å²) in [6, 6.07) is 2.32. The molecule has 0 radical (unpaired) electrons. The van der Waals surface area contributed by atoms with Crippen LogP contribution in [-0.2, 0) is 0 Å². The molecule has 100 valence electrons. The number of nitrogens with one attached hydrogen (secondary N) is 1. The topological polar surface area (TPSA) is 42.0 Å². The predicted octanol–water partition coefficient (Wildman–Crippen LogP) is 3.71. The molecule has 1 amide bonds. The molecule has 1 unspecified atom stereocenters. The van der Waals surface area contributed by atoms with E-state index in [2.05, 4.69) is 22.6 Å². The molecule has 1 fully saturated rings. The van der Waals surface area contributed by atoms with Crippen LogP contribution in [0.2, 0.25) is 0 Å². The molecule has 0 aromatic carbocycles. The maximum Gasteiger partial charge on any atom is 0.263 e. The summed E-state index contributed by atoms with van der Waals surface area (Å²) in [5.41, 5.74) is 1.93. The lowest BCUT2D eigenvalue weighted by atomic mass is 10.2. The normalized spacial score (nSPS) is 16.3. The highest BCUT2D eigenvalue weighted by molar-refractivity contribution is 7.17. The molecule has 1 aliphatic rings. The van der Waals surface area contributed by atoms with Crippen LogP contribution in [0.15, 0.2) is 16.8 Å². The molecule has 1 aliphatic carbocycles. The third kappa shape index (κ3) is 2.72. The quantitative estimate of drug-likeness (QED) is 0.933. The number of rotatable bonds is 4. The minimum Gasteiger partial charge on any atom is -0.349 e. The van der Waals surface area contributed by atoms with E-state index in [1.165, 1.54) is 24.2 Å². The molecule has 0 spiro atoms. The molecule has 2 aromatic rings. The Labute approximate surface area is 120 Å². The summed E-state index contributed by atoms with van der Waals surface area (Å²) in [5, 5.41) is 8.12. The fourth-order valence-corrected chi connectivity index (χ4v) is 3.78. The Morgan fingerprint density at radius 1 is 1.53 bits per heavy atom. The van der Waals surface area contributed by atoms with Gasteiger partial charge in [0, 0.05) is 17.0 Å². The highest BCUT2D eigenvalue weighted by Crippen LogP contribution is 2.33. The molecule has 5 heteroatoms. The van der Waals surface area contributed by atoms with Crippen molar-refractivity contribution in [1.82, 2.24) is 10.3 Å². The van der Waals surface area contributed by atoms with Gasteiger partial charge in [0.15, 0.2) is 0 Å². The van der Waals surface area contributed by atoms with E-state index in [9.17, 15) is 4.79 Å². The van der Waals surface area contributed by atoms with Gasteiger partial charge in [-0.1, -0.05) is 0 Å². The fourth-order valence-electron chi connectivity index (χ4n) is 2.10. The van der Waals surface area contributed by atoms with Gasteiger partial charge in [0.1, 0.15) is 9.88 Å². The van der Waals surface area contributed by atoms with Crippen LogP contribution in [0.25, 0.3) is 10.6 Å². The third-order valence-electron chi connectivity index (χ3n) is 3.46.